The van der Waals surface area contributed by atoms with Crippen molar-refractivity contribution >= 4 is 40.7 Å². The van der Waals surface area contributed by atoms with Crippen LogP contribution in [-0.2, 0) is 9.59 Å². The SMILES string of the molecule is O=C(Nc1ccc(N2CCCC2=O)c(Cl)c1)[C@@H]1CCCN1C(=O)c1ccco1. The van der Waals surface area contributed by atoms with Crippen molar-refractivity contribution in [1.82, 2.24) is 4.90 Å². The fraction of sp³-hybridized carbons (Fsp3) is 0.350. The van der Waals surface area contributed by atoms with Gasteiger partial charge < -0.3 is 19.5 Å². The first-order valence-electron chi connectivity index (χ1n) is 9.30. The second kappa shape index (κ2) is 7.67. The zero-order valence-electron chi connectivity index (χ0n) is 15.2. The van der Waals surface area contributed by atoms with Gasteiger partial charge in [0.15, 0.2) is 5.76 Å². The van der Waals surface area contributed by atoms with E-state index in [1.165, 1.54) is 11.2 Å². The predicted octanol–water partition coefficient (Wildman–Crippen LogP) is 3.30. The lowest BCUT2D eigenvalue weighted by molar-refractivity contribution is -0.120. The Balaban J connectivity index is 1.46. The zero-order valence-corrected chi connectivity index (χ0v) is 15.9. The molecule has 0 aliphatic carbocycles. The topological polar surface area (TPSA) is 82.9 Å². The highest BCUT2D eigenvalue weighted by molar-refractivity contribution is 6.34. The second-order valence-electron chi connectivity index (χ2n) is 6.94. The molecule has 2 aromatic rings. The summed E-state index contributed by atoms with van der Waals surface area (Å²) in [5, 5.41) is 3.24. The van der Waals surface area contributed by atoms with Crippen LogP contribution in [0, 0.1) is 0 Å². The minimum Gasteiger partial charge on any atom is -0.459 e. The number of rotatable bonds is 4. The number of carbonyl (C=O) groups is 3. The van der Waals surface area contributed by atoms with Gasteiger partial charge in [-0.2, -0.15) is 0 Å². The van der Waals surface area contributed by atoms with Crippen LogP contribution in [0.4, 0.5) is 11.4 Å². The van der Waals surface area contributed by atoms with Crippen LogP contribution < -0.4 is 10.2 Å². The number of nitrogens with one attached hydrogen (secondary N) is 1. The van der Waals surface area contributed by atoms with E-state index in [1.54, 1.807) is 35.2 Å². The number of hydrogen-bond acceptors (Lipinski definition) is 4. The van der Waals surface area contributed by atoms with E-state index in [2.05, 4.69) is 5.32 Å². The smallest absolute Gasteiger partial charge is 0.290 e. The lowest BCUT2D eigenvalue weighted by Gasteiger charge is -2.23. The van der Waals surface area contributed by atoms with Gasteiger partial charge in [-0.05, 0) is 49.6 Å². The number of carbonyl (C=O) groups excluding carboxylic acids is 3. The zero-order chi connectivity index (χ0) is 19.7. The summed E-state index contributed by atoms with van der Waals surface area (Å²) in [6.45, 7) is 1.16. The molecule has 0 radical (unpaired) electrons. The highest BCUT2D eigenvalue weighted by Crippen LogP contribution is 2.32. The third-order valence-corrected chi connectivity index (χ3v) is 5.43. The molecule has 3 heterocycles. The van der Waals surface area contributed by atoms with Gasteiger partial charge >= 0.3 is 0 Å². The largest absolute Gasteiger partial charge is 0.459 e. The average molecular weight is 402 g/mol. The number of furan rings is 1. The number of nitrogens with zero attached hydrogens (tertiary/aromatic N) is 2. The van der Waals surface area contributed by atoms with Crippen molar-refractivity contribution in [2.24, 2.45) is 0 Å². The maximum atomic E-state index is 12.8. The van der Waals surface area contributed by atoms with Crippen LogP contribution in [0.3, 0.4) is 0 Å². The maximum Gasteiger partial charge on any atom is 0.290 e. The summed E-state index contributed by atoms with van der Waals surface area (Å²) < 4.78 is 5.17. The van der Waals surface area contributed by atoms with Crippen LogP contribution in [0.5, 0.6) is 0 Å². The molecule has 7 nitrogen and oxygen atoms in total. The van der Waals surface area contributed by atoms with Crippen LogP contribution in [0.25, 0.3) is 0 Å². The number of hydrogen-bond donors (Lipinski definition) is 1. The van der Waals surface area contributed by atoms with E-state index in [4.69, 9.17) is 16.0 Å². The van der Waals surface area contributed by atoms with Gasteiger partial charge in [0.1, 0.15) is 6.04 Å². The standard InChI is InChI=1S/C20H20ClN3O4/c21-14-12-13(7-8-15(14)23-9-2-6-18(23)25)22-19(26)16-4-1-10-24(16)20(27)17-5-3-11-28-17/h3,5,7-8,11-12,16H,1-2,4,6,9-10H2,(H,22,26)/t16-/m0/s1. The van der Waals surface area contributed by atoms with Crippen LogP contribution in [-0.4, -0.2) is 41.8 Å². The fourth-order valence-electron chi connectivity index (χ4n) is 3.76. The minimum atomic E-state index is -0.559. The number of anilines is 2. The van der Waals surface area contributed by atoms with Gasteiger partial charge in [-0.1, -0.05) is 11.6 Å². The Bertz CT molecular complexity index is 912. The normalized spacial score (nSPS) is 19.3. The third kappa shape index (κ3) is 3.49. The van der Waals surface area contributed by atoms with E-state index in [1.807, 2.05) is 0 Å². The molecule has 2 fully saturated rings. The molecule has 2 aliphatic heterocycles. The van der Waals surface area contributed by atoms with E-state index in [0.29, 0.717) is 42.3 Å². The summed E-state index contributed by atoms with van der Waals surface area (Å²) in [5.74, 6) is -0.277. The van der Waals surface area contributed by atoms with Gasteiger partial charge in [-0.15, -0.1) is 0 Å². The first-order valence-corrected chi connectivity index (χ1v) is 9.67. The molecule has 1 atom stereocenters. The van der Waals surface area contributed by atoms with Gasteiger partial charge in [-0.3, -0.25) is 14.4 Å². The van der Waals surface area contributed by atoms with Crippen molar-refractivity contribution in [2.45, 2.75) is 31.7 Å². The molecule has 0 spiro atoms. The van der Waals surface area contributed by atoms with Gasteiger partial charge in [-0.25, -0.2) is 0 Å². The molecule has 0 unspecified atom stereocenters. The summed E-state index contributed by atoms with van der Waals surface area (Å²) in [6, 6.07) is 7.77. The lowest BCUT2D eigenvalue weighted by Crippen LogP contribution is -2.43. The van der Waals surface area contributed by atoms with Crippen LogP contribution in [0.15, 0.2) is 41.0 Å². The fourth-order valence-corrected chi connectivity index (χ4v) is 4.04. The van der Waals surface area contributed by atoms with Crippen molar-refractivity contribution in [3.05, 3.63) is 47.4 Å². The molecule has 3 amide bonds. The number of amides is 3. The Hall–Kier alpha value is -2.80. The third-order valence-electron chi connectivity index (χ3n) is 5.13. The average Bonchev–Trinajstić information content (AvgIpc) is 3.43. The van der Waals surface area contributed by atoms with E-state index < -0.39 is 6.04 Å². The van der Waals surface area contributed by atoms with Crippen molar-refractivity contribution in [3.63, 3.8) is 0 Å². The Morgan fingerprint density at radius 3 is 2.71 bits per heavy atom. The quantitative estimate of drug-likeness (QED) is 0.852. The number of halogens is 1. The van der Waals surface area contributed by atoms with Crippen molar-refractivity contribution in [1.29, 1.82) is 0 Å². The van der Waals surface area contributed by atoms with Crippen LogP contribution >= 0.6 is 11.6 Å². The van der Waals surface area contributed by atoms with Crippen molar-refractivity contribution in [2.75, 3.05) is 23.3 Å². The lowest BCUT2D eigenvalue weighted by atomic mass is 10.2. The summed E-state index contributed by atoms with van der Waals surface area (Å²) in [7, 11) is 0. The van der Waals surface area contributed by atoms with Crippen LogP contribution in [0.1, 0.15) is 36.2 Å². The van der Waals surface area contributed by atoms with Crippen LogP contribution in [0.2, 0.25) is 5.02 Å². The molecule has 1 aromatic heterocycles. The summed E-state index contributed by atoms with van der Waals surface area (Å²) in [5.41, 5.74) is 1.18. The van der Waals surface area contributed by atoms with Gasteiger partial charge in [0.25, 0.3) is 5.91 Å². The van der Waals surface area contributed by atoms with Gasteiger partial charge in [0.05, 0.1) is 17.0 Å². The summed E-state index contributed by atoms with van der Waals surface area (Å²) >= 11 is 6.34. The molecule has 1 N–H and O–H groups in total. The summed E-state index contributed by atoms with van der Waals surface area (Å²) in [4.78, 5) is 40.4. The first-order chi connectivity index (χ1) is 13.5. The Morgan fingerprint density at radius 2 is 2.04 bits per heavy atom. The Kier molecular flexibility index (Phi) is 5.09. The Labute approximate surface area is 167 Å². The molecule has 28 heavy (non-hydrogen) atoms. The highest BCUT2D eigenvalue weighted by atomic mass is 35.5. The second-order valence-corrected chi connectivity index (χ2v) is 7.35. The van der Waals surface area contributed by atoms with Crippen molar-refractivity contribution in [3.8, 4) is 0 Å². The molecule has 0 bridgehead atoms. The molecule has 2 aliphatic rings. The molecule has 0 saturated carbocycles. The van der Waals surface area contributed by atoms with Crippen molar-refractivity contribution < 1.29 is 18.8 Å². The van der Waals surface area contributed by atoms with E-state index >= 15 is 0 Å². The highest BCUT2D eigenvalue weighted by Gasteiger charge is 2.35. The molecular formula is C20H20ClN3O4. The van der Waals surface area contributed by atoms with Gasteiger partial charge in [0.2, 0.25) is 11.8 Å². The summed E-state index contributed by atoms with van der Waals surface area (Å²) in [6.07, 6.45) is 4.12. The predicted molar refractivity (Wildman–Crippen MR) is 104 cm³/mol. The first kappa shape index (κ1) is 18.6. The molecule has 8 heteroatoms. The minimum absolute atomic E-state index is 0.0525. The number of benzene rings is 1. The molecule has 4 rings (SSSR count). The molecule has 1 aromatic carbocycles. The number of likely N-dealkylation sites (tertiary alicyclic amines) is 1. The molecular weight excluding hydrogens is 382 g/mol. The molecule has 146 valence electrons. The molecule has 2 saturated heterocycles. The van der Waals surface area contributed by atoms with Gasteiger partial charge in [0, 0.05) is 25.2 Å². The Morgan fingerprint density at radius 1 is 1.18 bits per heavy atom. The maximum absolute atomic E-state index is 12.8. The van der Waals surface area contributed by atoms with E-state index in [-0.39, 0.29) is 23.5 Å². The van der Waals surface area contributed by atoms with E-state index in [0.717, 1.165) is 12.8 Å². The monoisotopic (exact) mass is 401 g/mol. The van der Waals surface area contributed by atoms with E-state index in [9.17, 15) is 14.4 Å².